The van der Waals surface area contributed by atoms with Crippen LogP contribution in [0.1, 0.15) is 44.0 Å². The molecular weight excluding hydrogens is 423 g/mol. The Morgan fingerprint density at radius 1 is 1.30 bits per heavy atom. The van der Waals surface area contributed by atoms with Crippen LogP contribution >= 0.6 is 35.3 Å². The van der Waals surface area contributed by atoms with Crippen molar-refractivity contribution in [2.75, 3.05) is 26.3 Å². The maximum atomic E-state index is 5.60. The van der Waals surface area contributed by atoms with Crippen molar-refractivity contribution in [3.63, 3.8) is 0 Å². The Bertz CT molecular complexity index is 437. The largest absolute Gasteiger partial charge is 0.380 e. The van der Waals surface area contributed by atoms with Gasteiger partial charge in [-0.1, -0.05) is 20.8 Å². The summed E-state index contributed by atoms with van der Waals surface area (Å²) in [4.78, 5) is 10.3. The Morgan fingerprint density at radius 3 is 2.70 bits per heavy atom. The molecule has 1 aromatic heterocycles. The molecule has 0 aliphatic carbocycles. The minimum absolute atomic E-state index is 0. The van der Waals surface area contributed by atoms with Crippen molar-refractivity contribution in [2.24, 2.45) is 10.9 Å². The van der Waals surface area contributed by atoms with Crippen LogP contribution in [0.3, 0.4) is 0 Å². The maximum Gasteiger partial charge on any atom is 0.191 e. The Kier molecular flexibility index (Phi) is 13.7. The Hall–Kier alpha value is -0.410. The number of guanidine groups is 1. The van der Waals surface area contributed by atoms with Crippen LogP contribution in [0.25, 0.3) is 0 Å². The highest BCUT2D eigenvalue weighted by molar-refractivity contribution is 14.0. The number of hydrogen-bond acceptors (Lipinski definition) is 4. The first-order chi connectivity index (χ1) is 10.7. The van der Waals surface area contributed by atoms with Gasteiger partial charge < -0.3 is 15.4 Å². The normalized spacial score (nSPS) is 11.4. The van der Waals surface area contributed by atoms with Crippen LogP contribution in [0, 0.1) is 5.92 Å². The maximum absolute atomic E-state index is 5.60. The number of nitrogens with one attached hydrogen (secondary N) is 2. The van der Waals surface area contributed by atoms with Gasteiger partial charge in [0.15, 0.2) is 5.96 Å². The van der Waals surface area contributed by atoms with Crippen molar-refractivity contribution in [1.82, 2.24) is 15.6 Å². The fourth-order valence-corrected chi connectivity index (χ4v) is 2.52. The summed E-state index contributed by atoms with van der Waals surface area (Å²) >= 11 is 1.73. The van der Waals surface area contributed by atoms with Crippen LogP contribution in [0.2, 0.25) is 0 Å². The van der Waals surface area contributed by atoms with Crippen LogP contribution < -0.4 is 10.6 Å². The van der Waals surface area contributed by atoms with E-state index in [9.17, 15) is 0 Å². The zero-order valence-corrected chi connectivity index (χ0v) is 17.9. The standard InChI is InChI=1S/C16H30N4OS.HI/c1-5-14-11-19-15(22-14)12-20-16(17-6-2)18-8-10-21-9-7-13(3)4;/h11,13H,5-10,12H2,1-4H3,(H2,17,18,20);1H. The van der Waals surface area contributed by atoms with E-state index in [0.717, 1.165) is 43.5 Å². The molecule has 0 aliphatic heterocycles. The number of thiazole rings is 1. The number of halogens is 1. The van der Waals surface area contributed by atoms with Gasteiger partial charge in [-0.05, 0) is 25.7 Å². The first kappa shape index (κ1) is 22.6. The summed E-state index contributed by atoms with van der Waals surface area (Å²) in [5, 5.41) is 7.59. The Labute approximate surface area is 161 Å². The zero-order chi connectivity index (χ0) is 16.2. The smallest absolute Gasteiger partial charge is 0.191 e. The molecule has 1 heterocycles. The van der Waals surface area contributed by atoms with E-state index in [1.165, 1.54) is 4.88 Å². The second-order valence-electron chi connectivity index (χ2n) is 5.49. The van der Waals surface area contributed by atoms with Crippen molar-refractivity contribution < 1.29 is 4.74 Å². The molecule has 0 saturated carbocycles. The van der Waals surface area contributed by atoms with Gasteiger partial charge in [-0.15, -0.1) is 35.3 Å². The molecule has 0 aromatic carbocycles. The van der Waals surface area contributed by atoms with E-state index in [4.69, 9.17) is 4.74 Å². The van der Waals surface area contributed by atoms with Crippen molar-refractivity contribution in [2.45, 2.75) is 47.1 Å². The summed E-state index contributed by atoms with van der Waals surface area (Å²) in [6.07, 6.45) is 4.09. The van der Waals surface area contributed by atoms with Gasteiger partial charge in [-0.3, -0.25) is 0 Å². The van der Waals surface area contributed by atoms with Crippen LogP contribution in [-0.2, 0) is 17.7 Å². The van der Waals surface area contributed by atoms with Crippen LogP contribution in [0.4, 0.5) is 0 Å². The number of ether oxygens (including phenoxy) is 1. The molecule has 0 aliphatic rings. The molecule has 1 aromatic rings. The van der Waals surface area contributed by atoms with Crippen molar-refractivity contribution in [3.05, 3.63) is 16.1 Å². The lowest BCUT2D eigenvalue weighted by Crippen LogP contribution is -2.39. The topological polar surface area (TPSA) is 58.5 Å². The molecule has 0 amide bonds. The van der Waals surface area contributed by atoms with Gasteiger partial charge in [0, 0.05) is 30.8 Å². The van der Waals surface area contributed by atoms with Gasteiger partial charge in [0.1, 0.15) is 5.01 Å². The molecule has 1 rings (SSSR count). The minimum atomic E-state index is 0. The second kappa shape index (κ2) is 14.0. The van der Waals surface area contributed by atoms with Gasteiger partial charge in [0.05, 0.1) is 13.2 Å². The first-order valence-corrected chi connectivity index (χ1v) is 9.00. The molecule has 0 spiro atoms. The van der Waals surface area contributed by atoms with Crippen molar-refractivity contribution in [1.29, 1.82) is 0 Å². The number of rotatable bonds is 10. The van der Waals surface area contributed by atoms with Gasteiger partial charge in [-0.2, -0.15) is 0 Å². The molecule has 5 nitrogen and oxygen atoms in total. The molecule has 0 saturated heterocycles. The summed E-state index contributed by atoms with van der Waals surface area (Å²) in [6, 6.07) is 0. The lowest BCUT2D eigenvalue weighted by Gasteiger charge is -2.11. The fourth-order valence-electron chi connectivity index (χ4n) is 1.74. The van der Waals surface area contributed by atoms with Crippen LogP contribution in [0.15, 0.2) is 11.2 Å². The number of aromatic nitrogens is 1. The van der Waals surface area contributed by atoms with E-state index in [0.29, 0.717) is 19.1 Å². The average Bonchev–Trinajstić information content (AvgIpc) is 2.96. The van der Waals surface area contributed by atoms with Crippen LogP contribution in [0.5, 0.6) is 0 Å². The molecule has 2 N–H and O–H groups in total. The summed E-state index contributed by atoms with van der Waals surface area (Å²) in [6.45, 7) is 12.4. The van der Waals surface area contributed by atoms with E-state index in [-0.39, 0.29) is 24.0 Å². The SMILES string of the molecule is CCNC(=NCc1ncc(CC)s1)NCCOCCC(C)C.I. The third-order valence-electron chi connectivity index (χ3n) is 3.04. The lowest BCUT2D eigenvalue weighted by molar-refractivity contribution is 0.128. The van der Waals surface area contributed by atoms with E-state index < -0.39 is 0 Å². The molecular formula is C16H31IN4OS. The van der Waals surface area contributed by atoms with Crippen molar-refractivity contribution in [3.8, 4) is 0 Å². The molecule has 7 heteroatoms. The predicted molar refractivity (Wildman–Crippen MR) is 110 cm³/mol. The summed E-state index contributed by atoms with van der Waals surface area (Å²) in [5.74, 6) is 1.52. The molecule has 0 atom stereocenters. The van der Waals surface area contributed by atoms with E-state index in [2.05, 4.69) is 48.3 Å². The lowest BCUT2D eigenvalue weighted by atomic mass is 10.1. The highest BCUT2D eigenvalue weighted by Gasteiger charge is 2.01. The average molecular weight is 454 g/mol. The second-order valence-corrected chi connectivity index (χ2v) is 6.69. The van der Waals surface area contributed by atoms with E-state index in [1.54, 1.807) is 11.3 Å². The third-order valence-corrected chi connectivity index (χ3v) is 4.17. The molecule has 0 radical (unpaired) electrons. The van der Waals surface area contributed by atoms with Gasteiger partial charge in [0.2, 0.25) is 0 Å². The quantitative estimate of drug-likeness (QED) is 0.246. The third kappa shape index (κ3) is 10.9. The van der Waals surface area contributed by atoms with Crippen LogP contribution in [-0.4, -0.2) is 37.2 Å². The number of hydrogen-bond donors (Lipinski definition) is 2. The fraction of sp³-hybridized carbons (Fsp3) is 0.750. The van der Waals surface area contributed by atoms with Gasteiger partial charge in [-0.25, -0.2) is 9.98 Å². The molecule has 134 valence electrons. The van der Waals surface area contributed by atoms with Gasteiger partial charge in [0.25, 0.3) is 0 Å². The highest BCUT2D eigenvalue weighted by atomic mass is 127. The summed E-state index contributed by atoms with van der Waals surface area (Å²) in [7, 11) is 0. The zero-order valence-electron chi connectivity index (χ0n) is 14.7. The summed E-state index contributed by atoms with van der Waals surface area (Å²) < 4.78 is 5.60. The van der Waals surface area contributed by atoms with E-state index in [1.807, 2.05) is 6.20 Å². The number of aryl methyl sites for hydroxylation is 1. The summed E-state index contributed by atoms with van der Waals surface area (Å²) in [5.41, 5.74) is 0. The predicted octanol–water partition coefficient (Wildman–Crippen LogP) is 3.44. The minimum Gasteiger partial charge on any atom is -0.380 e. The molecule has 0 bridgehead atoms. The Morgan fingerprint density at radius 2 is 2.09 bits per heavy atom. The highest BCUT2D eigenvalue weighted by Crippen LogP contribution is 2.13. The van der Waals surface area contributed by atoms with E-state index >= 15 is 0 Å². The Balaban J connectivity index is 0.00000484. The van der Waals surface area contributed by atoms with Gasteiger partial charge >= 0.3 is 0 Å². The molecule has 0 fully saturated rings. The first-order valence-electron chi connectivity index (χ1n) is 8.19. The monoisotopic (exact) mass is 454 g/mol. The number of aliphatic imine (C=N–C) groups is 1. The molecule has 0 unspecified atom stereocenters. The number of nitrogens with zero attached hydrogens (tertiary/aromatic N) is 2. The molecule has 23 heavy (non-hydrogen) atoms. The van der Waals surface area contributed by atoms with Crippen molar-refractivity contribution >= 4 is 41.3 Å².